The molecule has 0 saturated heterocycles. The van der Waals surface area contributed by atoms with Gasteiger partial charge < -0.3 is 10.6 Å². The van der Waals surface area contributed by atoms with Crippen molar-refractivity contribution in [1.29, 1.82) is 0 Å². The van der Waals surface area contributed by atoms with Crippen molar-refractivity contribution in [2.75, 3.05) is 17.2 Å². The second-order valence-corrected chi connectivity index (χ2v) is 4.98. The minimum Gasteiger partial charge on any atom is -0.370 e. The van der Waals surface area contributed by atoms with E-state index in [0.29, 0.717) is 5.02 Å². The van der Waals surface area contributed by atoms with E-state index >= 15 is 0 Å². The molecule has 0 aliphatic carbocycles. The van der Waals surface area contributed by atoms with E-state index in [4.69, 9.17) is 11.6 Å². The lowest BCUT2D eigenvalue weighted by atomic mass is 10.3. The monoisotopic (exact) mass is 290 g/mol. The molecule has 0 bridgehead atoms. The van der Waals surface area contributed by atoms with Crippen LogP contribution in [0, 0.1) is 6.92 Å². The molecule has 20 heavy (non-hydrogen) atoms. The third-order valence-electron chi connectivity index (χ3n) is 2.81. The number of para-hydroxylation sites is 1. The van der Waals surface area contributed by atoms with Crippen molar-refractivity contribution in [3.63, 3.8) is 0 Å². The molecule has 1 aromatic carbocycles. The highest BCUT2D eigenvalue weighted by atomic mass is 35.5. The fourth-order valence-corrected chi connectivity index (χ4v) is 2.00. The number of anilines is 3. The molecule has 0 aliphatic rings. The Hall–Kier alpha value is -1.81. The average Bonchev–Trinajstić information content (AvgIpc) is 2.41. The molecule has 2 N–H and O–H groups in total. The normalized spacial score (nSPS) is 10.3. The summed E-state index contributed by atoms with van der Waals surface area (Å²) < 4.78 is 0. The third-order valence-corrected chi connectivity index (χ3v) is 3.14. The maximum Gasteiger partial charge on any atom is 0.136 e. The number of nitrogens with one attached hydrogen (secondary N) is 2. The van der Waals surface area contributed by atoms with Gasteiger partial charge in [0.25, 0.3) is 0 Å². The second-order valence-electron chi connectivity index (χ2n) is 4.57. The van der Waals surface area contributed by atoms with Crippen LogP contribution in [0.5, 0.6) is 0 Å². The van der Waals surface area contributed by atoms with Crippen molar-refractivity contribution < 1.29 is 0 Å². The molecule has 4 nitrogen and oxygen atoms in total. The van der Waals surface area contributed by atoms with Gasteiger partial charge in [-0.25, -0.2) is 9.97 Å². The van der Waals surface area contributed by atoms with Crippen LogP contribution in [-0.2, 0) is 0 Å². The van der Waals surface area contributed by atoms with Crippen LogP contribution in [0.1, 0.15) is 25.6 Å². The number of benzene rings is 1. The molecule has 1 heterocycles. The average molecular weight is 291 g/mol. The van der Waals surface area contributed by atoms with Crippen molar-refractivity contribution in [3.05, 3.63) is 41.2 Å². The third kappa shape index (κ3) is 4.10. The van der Waals surface area contributed by atoms with E-state index in [9.17, 15) is 0 Å². The Kier molecular flexibility index (Phi) is 5.18. The smallest absolute Gasteiger partial charge is 0.136 e. The number of hydrogen-bond acceptors (Lipinski definition) is 4. The van der Waals surface area contributed by atoms with Crippen LogP contribution in [0.3, 0.4) is 0 Å². The molecular weight excluding hydrogens is 272 g/mol. The second kappa shape index (κ2) is 7.10. The molecule has 0 saturated carbocycles. The van der Waals surface area contributed by atoms with Gasteiger partial charge in [0.05, 0.1) is 10.7 Å². The van der Waals surface area contributed by atoms with Crippen LogP contribution in [0.25, 0.3) is 0 Å². The summed E-state index contributed by atoms with van der Waals surface area (Å²) in [5.74, 6) is 2.30. The van der Waals surface area contributed by atoms with Crippen LogP contribution in [0.15, 0.2) is 30.3 Å². The van der Waals surface area contributed by atoms with Crippen molar-refractivity contribution >= 4 is 28.9 Å². The largest absolute Gasteiger partial charge is 0.370 e. The summed E-state index contributed by atoms with van der Waals surface area (Å²) in [4.78, 5) is 8.75. The fourth-order valence-electron chi connectivity index (χ4n) is 1.82. The Labute approximate surface area is 124 Å². The Morgan fingerprint density at radius 1 is 1.15 bits per heavy atom. The van der Waals surface area contributed by atoms with E-state index in [2.05, 4.69) is 27.5 Å². The van der Waals surface area contributed by atoms with Gasteiger partial charge in [-0.2, -0.15) is 0 Å². The summed E-state index contributed by atoms with van der Waals surface area (Å²) in [6.45, 7) is 4.96. The van der Waals surface area contributed by atoms with Crippen molar-refractivity contribution in [3.8, 4) is 0 Å². The Bertz CT molecular complexity index is 572. The number of hydrogen-bond donors (Lipinski definition) is 2. The minimum atomic E-state index is 0.671. The highest BCUT2D eigenvalue weighted by Gasteiger charge is 2.04. The predicted octanol–water partition coefficient (Wildman–Crippen LogP) is 4.39. The molecule has 0 fully saturated rings. The lowest BCUT2D eigenvalue weighted by Gasteiger charge is -2.10. The molecule has 0 amide bonds. The summed E-state index contributed by atoms with van der Waals surface area (Å²) in [5, 5.41) is 7.19. The van der Waals surface area contributed by atoms with E-state index < -0.39 is 0 Å². The predicted molar refractivity (Wildman–Crippen MR) is 84.9 cm³/mol. The Morgan fingerprint density at radius 3 is 2.65 bits per heavy atom. The SMILES string of the molecule is CCCCNc1cc(Nc2ccccc2Cl)nc(C)n1. The first-order chi connectivity index (χ1) is 9.69. The standard InChI is InChI=1S/C15H19ClN4/c1-3-4-9-17-14-10-15(19-11(2)18-14)20-13-8-6-5-7-12(13)16/h5-8,10H,3-4,9H2,1-2H3,(H2,17,18,19,20). The molecule has 0 atom stereocenters. The summed E-state index contributed by atoms with van der Waals surface area (Å²) in [6.07, 6.45) is 2.28. The maximum atomic E-state index is 6.13. The van der Waals surface area contributed by atoms with Crippen LogP contribution < -0.4 is 10.6 Å². The first kappa shape index (κ1) is 14.6. The molecule has 5 heteroatoms. The van der Waals surface area contributed by atoms with Gasteiger partial charge in [0.1, 0.15) is 17.5 Å². The number of rotatable bonds is 6. The fraction of sp³-hybridized carbons (Fsp3) is 0.333. The van der Waals surface area contributed by atoms with Gasteiger partial charge in [0.15, 0.2) is 0 Å². The topological polar surface area (TPSA) is 49.8 Å². The van der Waals surface area contributed by atoms with Crippen LogP contribution in [0.4, 0.5) is 17.3 Å². The number of nitrogens with zero attached hydrogens (tertiary/aromatic N) is 2. The van der Waals surface area contributed by atoms with E-state index in [-0.39, 0.29) is 0 Å². The quantitative estimate of drug-likeness (QED) is 0.775. The van der Waals surface area contributed by atoms with Crippen LogP contribution >= 0.6 is 11.6 Å². The zero-order valence-corrected chi connectivity index (χ0v) is 12.5. The van der Waals surface area contributed by atoms with Gasteiger partial charge in [-0.1, -0.05) is 37.1 Å². The summed E-state index contributed by atoms with van der Waals surface area (Å²) in [5.41, 5.74) is 0.840. The zero-order valence-electron chi connectivity index (χ0n) is 11.8. The number of halogens is 1. The van der Waals surface area contributed by atoms with Gasteiger partial charge in [-0.3, -0.25) is 0 Å². The molecule has 0 aliphatic heterocycles. The zero-order chi connectivity index (χ0) is 14.4. The first-order valence-electron chi connectivity index (χ1n) is 6.80. The van der Waals surface area contributed by atoms with Gasteiger partial charge in [0, 0.05) is 12.6 Å². The molecular formula is C15H19ClN4. The summed E-state index contributed by atoms with van der Waals surface area (Å²) in [6, 6.07) is 9.49. The minimum absolute atomic E-state index is 0.671. The van der Waals surface area contributed by atoms with Crippen LogP contribution in [0.2, 0.25) is 5.02 Å². The highest BCUT2D eigenvalue weighted by Crippen LogP contribution is 2.24. The van der Waals surface area contributed by atoms with E-state index in [1.807, 2.05) is 37.3 Å². The van der Waals surface area contributed by atoms with Crippen molar-refractivity contribution in [1.82, 2.24) is 9.97 Å². The molecule has 106 valence electrons. The number of aryl methyl sites for hydroxylation is 1. The van der Waals surface area contributed by atoms with Gasteiger partial charge in [0.2, 0.25) is 0 Å². The maximum absolute atomic E-state index is 6.13. The molecule has 2 aromatic rings. The molecule has 0 spiro atoms. The highest BCUT2D eigenvalue weighted by molar-refractivity contribution is 6.33. The van der Waals surface area contributed by atoms with Gasteiger partial charge >= 0.3 is 0 Å². The lowest BCUT2D eigenvalue weighted by Crippen LogP contribution is -2.06. The molecule has 1 aromatic heterocycles. The molecule has 2 rings (SSSR count). The Balaban J connectivity index is 2.13. The first-order valence-corrected chi connectivity index (χ1v) is 7.18. The summed E-state index contributed by atoms with van der Waals surface area (Å²) in [7, 11) is 0. The Morgan fingerprint density at radius 2 is 1.90 bits per heavy atom. The van der Waals surface area contributed by atoms with Crippen molar-refractivity contribution in [2.24, 2.45) is 0 Å². The molecule has 0 unspecified atom stereocenters. The number of unbranched alkanes of at least 4 members (excludes halogenated alkanes) is 1. The van der Waals surface area contributed by atoms with Gasteiger partial charge in [-0.15, -0.1) is 0 Å². The summed E-state index contributed by atoms with van der Waals surface area (Å²) >= 11 is 6.13. The van der Waals surface area contributed by atoms with Crippen LogP contribution in [-0.4, -0.2) is 16.5 Å². The van der Waals surface area contributed by atoms with E-state index in [0.717, 1.165) is 42.5 Å². The van der Waals surface area contributed by atoms with Crippen molar-refractivity contribution in [2.45, 2.75) is 26.7 Å². The van der Waals surface area contributed by atoms with Gasteiger partial charge in [-0.05, 0) is 25.5 Å². The molecule has 0 radical (unpaired) electrons. The van der Waals surface area contributed by atoms with E-state index in [1.165, 1.54) is 0 Å². The number of aromatic nitrogens is 2. The lowest BCUT2D eigenvalue weighted by molar-refractivity contribution is 0.829. The van der Waals surface area contributed by atoms with E-state index in [1.54, 1.807) is 0 Å².